The van der Waals surface area contributed by atoms with E-state index >= 15 is 0 Å². The molecule has 0 unspecified atom stereocenters. The summed E-state index contributed by atoms with van der Waals surface area (Å²) in [6, 6.07) is 13.1. The first-order valence-electron chi connectivity index (χ1n) is 8.17. The van der Waals surface area contributed by atoms with Crippen LogP contribution in [-0.2, 0) is 4.79 Å². The highest BCUT2D eigenvalue weighted by molar-refractivity contribution is 6.31. The highest BCUT2D eigenvalue weighted by Gasteiger charge is 2.14. The van der Waals surface area contributed by atoms with Gasteiger partial charge >= 0.3 is 5.69 Å². The van der Waals surface area contributed by atoms with Crippen LogP contribution in [0.5, 0.6) is 5.75 Å². The third-order valence-corrected chi connectivity index (χ3v) is 3.92. The SMILES string of the molecule is O=C(COc1ccccc1[N+](=O)[O-])NN=Cc1ccc(-c2ccc(F)c(Cl)c2)o1. The van der Waals surface area contributed by atoms with E-state index < -0.39 is 23.3 Å². The van der Waals surface area contributed by atoms with Crippen molar-refractivity contribution in [3.63, 3.8) is 0 Å². The fraction of sp³-hybridized carbons (Fsp3) is 0.0526. The Morgan fingerprint density at radius 2 is 2.07 bits per heavy atom. The number of carbonyl (C=O) groups excluding carboxylic acids is 1. The Balaban J connectivity index is 1.55. The first kappa shape index (κ1) is 20.0. The second kappa shape index (κ2) is 8.98. The van der Waals surface area contributed by atoms with Gasteiger partial charge in [0, 0.05) is 11.6 Å². The molecule has 0 aliphatic rings. The third kappa shape index (κ3) is 5.17. The number of carbonyl (C=O) groups is 1. The zero-order valence-corrected chi connectivity index (χ0v) is 15.4. The molecular weight excluding hydrogens is 405 g/mol. The van der Waals surface area contributed by atoms with E-state index in [1.165, 1.54) is 42.6 Å². The van der Waals surface area contributed by atoms with Crippen LogP contribution in [-0.4, -0.2) is 23.7 Å². The van der Waals surface area contributed by atoms with E-state index in [0.29, 0.717) is 17.1 Å². The Morgan fingerprint density at radius 1 is 1.28 bits per heavy atom. The van der Waals surface area contributed by atoms with Crippen LogP contribution in [0.4, 0.5) is 10.1 Å². The Morgan fingerprint density at radius 3 is 2.83 bits per heavy atom. The molecule has 0 bridgehead atoms. The quantitative estimate of drug-likeness (QED) is 0.352. The van der Waals surface area contributed by atoms with Crippen molar-refractivity contribution in [3.05, 3.63) is 81.3 Å². The topological polar surface area (TPSA) is 107 Å². The summed E-state index contributed by atoms with van der Waals surface area (Å²) in [5, 5.41) is 14.6. The maximum Gasteiger partial charge on any atom is 0.310 e. The zero-order valence-electron chi connectivity index (χ0n) is 14.7. The Hall–Kier alpha value is -3.72. The molecule has 2 aromatic carbocycles. The van der Waals surface area contributed by atoms with Gasteiger partial charge in [-0.05, 0) is 36.4 Å². The van der Waals surface area contributed by atoms with Crippen LogP contribution in [0.15, 0.2) is 64.1 Å². The molecule has 8 nitrogen and oxygen atoms in total. The average Bonchev–Trinajstić information content (AvgIpc) is 3.17. The largest absolute Gasteiger partial charge is 0.477 e. The fourth-order valence-electron chi connectivity index (χ4n) is 2.30. The van der Waals surface area contributed by atoms with E-state index in [-0.39, 0.29) is 16.5 Å². The van der Waals surface area contributed by atoms with E-state index in [2.05, 4.69) is 10.5 Å². The number of ether oxygens (including phenoxy) is 1. The van der Waals surface area contributed by atoms with E-state index in [4.69, 9.17) is 20.8 Å². The van der Waals surface area contributed by atoms with Crippen LogP contribution in [0.2, 0.25) is 5.02 Å². The Labute approximate surface area is 168 Å². The molecule has 29 heavy (non-hydrogen) atoms. The second-order valence-corrected chi connectivity index (χ2v) is 6.04. The number of amides is 1. The molecule has 1 aromatic heterocycles. The highest BCUT2D eigenvalue weighted by Crippen LogP contribution is 2.26. The zero-order chi connectivity index (χ0) is 20.8. The lowest BCUT2D eigenvalue weighted by atomic mass is 10.2. The van der Waals surface area contributed by atoms with Gasteiger partial charge < -0.3 is 9.15 Å². The monoisotopic (exact) mass is 417 g/mol. The van der Waals surface area contributed by atoms with Crippen molar-refractivity contribution in [2.24, 2.45) is 5.10 Å². The van der Waals surface area contributed by atoms with Crippen molar-refractivity contribution in [3.8, 4) is 17.1 Å². The number of para-hydroxylation sites is 2. The smallest absolute Gasteiger partial charge is 0.310 e. The molecule has 10 heteroatoms. The molecule has 0 atom stereocenters. The fourth-order valence-corrected chi connectivity index (χ4v) is 2.48. The van der Waals surface area contributed by atoms with Crippen molar-refractivity contribution in [1.82, 2.24) is 5.43 Å². The van der Waals surface area contributed by atoms with Crippen molar-refractivity contribution in [2.45, 2.75) is 0 Å². The van der Waals surface area contributed by atoms with E-state index in [9.17, 15) is 19.3 Å². The second-order valence-electron chi connectivity index (χ2n) is 5.64. The van der Waals surface area contributed by atoms with Crippen molar-refractivity contribution in [2.75, 3.05) is 6.61 Å². The number of nitro groups is 1. The highest BCUT2D eigenvalue weighted by atomic mass is 35.5. The summed E-state index contributed by atoms with van der Waals surface area (Å²) in [5.74, 6) is -0.393. The molecule has 148 valence electrons. The number of nitrogens with one attached hydrogen (secondary N) is 1. The van der Waals surface area contributed by atoms with Crippen molar-refractivity contribution >= 4 is 29.4 Å². The van der Waals surface area contributed by atoms with Gasteiger partial charge in [-0.3, -0.25) is 14.9 Å². The summed E-state index contributed by atoms with van der Waals surface area (Å²) >= 11 is 5.75. The van der Waals surface area contributed by atoms with Crippen LogP contribution >= 0.6 is 11.6 Å². The number of nitrogens with zero attached hydrogens (tertiary/aromatic N) is 2. The molecule has 0 aliphatic heterocycles. The summed E-state index contributed by atoms with van der Waals surface area (Å²) < 4.78 is 23.9. The van der Waals surface area contributed by atoms with Crippen LogP contribution in [0.3, 0.4) is 0 Å². The molecule has 1 amide bonds. The predicted molar refractivity (Wildman–Crippen MR) is 103 cm³/mol. The number of hydrazone groups is 1. The van der Waals surface area contributed by atoms with E-state index in [1.54, 1.807) is 18.2 Å². The van der Waals surface area contributed by atoms with Gasteiger partial charge in [0.15, 0.2) is 12.4 Å². The molecule has 0 radical (unpaired) electrons. The number of halogens is 2. The lowest BCUT2D eigenvalue weighted by Crippen LogP contribution is -2.24. The lowest BCUT2D eigenvalue weighted by molar-refractivity contribution is -0.385. The number of rotatable bonds is 7. The Bertz CT molecular complexity index is 1080. The van der Waals surface area contributed by atoms with Crippen LogP contribution in [0.1, 0.15) is 5.76 Å². The van der Waals surface area contributed by atoms with Crippen LogP contribution < -0.4 is 10.2 Å². The number of furan rings is 1. The lowest BCUT2D eigenvalue weighted by Gasteiger charge is -2.05. The van der Waals surface area contributed by atoms with Gasteiger partial charge in [-0.15, -0.1) is 0 Å². The molecule has 1 N–H and O–H groups in total. The van der Waals surface area contributed by atoms with Gasteiger partial charge in [0.2, 0.25) is 0 Å². The first-order valence-corrected chi connectivity index (χ1v) is 8.55. The molecule has 0 saturated heterocycles. The summed E-state index contributed by atoms with van der Waals surface area (Å²) in [5.41, 5.74) is 2.56. The standard InChI is InChI=1S/C19H13ClFN3O5/c20-14-9-12(5-7-15(14)21)17-8-6-13(29-17)10-22-23-19(25)11-28-18-4-2-1-3-16(18)24(26)27/h1-10H,11H2,(H,23,25). The van der Waals surface area contributed by atoms with E-state index in [0.717, 1.165) is 0 Å². The Kier molecular flexibility index (Phi) is 6.20. The van der Waals surface area contributed by atoms with Crippen molar-refractivity contribution < 1.29 is 23.3 Å². The van der Waals surface area contributed by atoms with Gasteiger partial charge in [0.1, 0.15) is 17.3 Å². The summed E-state index contributed by atoms with van der Waals surface area (Å²) in [4.78, 5) is 22.1. The van der Waals surface area contributed by atoms with Crippen molar-refractivity contribution in [1.29, 1.82) is 0 Å². The minimum atomic E-state index is -0.614. The first-order chi connectivity index (χ1) is 13.9. The van der Waals surface area contributed by atoms with Crippen LogP contribution in [0, 0.1) is 15.9 Å². The van der Waals surface area contributed by atoms with Gasteiger partial charge in [0.05, 0.1) is 16.2 Å². The van der Waals surface area contributed by atoms with Crippen LogP contribution in [0.25, 0.3) is 11.3 Å². The van der Waals surface area contributed by atoms with Gasteiger partial charge in [-0.25, -0.2) is 9.82 Å². The van der Waals surface area contributed by atoms with Gasteiger partial charge in [0.25, 0.3) is 5.91 Å². The molecule has 3 rings (SSSR count). The molecule has 1 heterocycles. The average molecular weight is 418 g/mol. The number of hydrogen-bond acceptors (Lipinski definition) is 6. The van der Waals surface area contributed by atoms with Gasteiger partial charge in [-0.1, -0.05) is 23.7 Å². The van der Waals surface area contributed by atoms with Gasteiger partial charge in [-0.2, -0.15) is 5.10 Å². The molecule has 3 aromatic rings. The predicted octanol–water partition coefficient (Wildman–Crippen LogP) is 4.18. The van der Waals surface area contributed by atoms with E-state index in [1.807, 2.05) is 0 Å². The molecule has 0 spiro atoms. The summed E-state index contributed by atoms with van der Waals surface area (Å²) in [6.07, 6.45) is 1.26. The normalized spacial score (nSPS) is 10.8. The maximum atomic E-state index is 13.2. The minimum absolute atomic E-state index is 0.0229. The third-order valence-electron chi connectivity index (χ3n) is 3.63. The number of hydrogen-bond donors (Lipinski definition) is 1. The summed E-state index contributed by atoms with van der Waals surface area (Å²) in [6.45, 7) is -0.459. The molecule has 0 aliphatic carbocycles. The minimum Gasteiger partial charge on any atom is -0.477 e. The summed E-state index contributed by atoms with van der Waals surface area (Å²) in [7, 11) is 0. The molecule has 0 fully saturated rings. The maximum absolute atomic E-state index is 13.2. The molecular formula is C19H13ClFN3O5. The molecule has 0 saturated carbocycles. The number of benzene rings is 2. The number of nitro benzene ring substituents is 1.